The lowest BCUT2D eigenvalue weighted by Crippen LogP contribution is -2.09. The van der Waals surface area contributed by atoms with Crippen molar-refractivity contribution in [3.8, 4) is 22.8 Å². The highest BCUT2D eigenvalue weighted by atomic mass is 19.1. The number of benzene rings is 1. The van der Waals surface area contributed by atoms with E-state index >= 15 is 0 Å². The highest BCUT2D eigenvalue weighted by Gasteiger charge is 2.23. The maximum Gasteiger partial charge on any atom is 0.177 e. The summed E-state index contributed by atoms with van der Waals surface area (Å²) < 4.78 is 39.6. The van der Waals surface area contributed by atoms with Gasteiger partial charge in [-0.3, -0.25) is 0 Å². The molecule has 0 fully saturated rings. The molecule has 0 aliphatic heterocycles. The molecule has 7 nitrogen and oxygen atoms in total. The number of aromatic nitrogens is 2. The molecule has 0 saturated carbocycles. The number of nitrogens with zero attached hydrogens (tertiary/aromatic N) is 2. The Morgan fingerprint density at radius 3 is 2.37 bits per heavy atom. The molecule has 4 N–H and O–H groups in total. The lowest BCUT2D eigenvalue weighted by Gasteiger charge is -2.15. The third kappa shape index (κ3) is 3.41. The van der Waals surface area contributed by atoms with E-state index in [4.69, 9.17) is 20.3 Å². The summed E-state index contributed by atoms with van der Waals surface area (Å²) in [4.78, 5) is 8.34. The molecule has 142 valence electrons. The van der Waals surface area contributed by atoms with Gasteiger partial charge >= 0.3 is 0 Å². The number of fused-ring (bicyclic) bond motifs is 1. The largest absolute Gasteiger partial charge is 0.494 e. The molecule has 3 rings (SSSR count). The van der Waals surface area contributed by atoms with E-state index in [-0.39, 0.29) is 36.2 Å². The zero-order chi connectivity index (χ0) is 19.6. The van der Waals surface area contributed by atoms with Crippen LogP contribution in [0, 0.1) is 11.6 Å². The van der Waals surface area contributed by atoms with Crippen LogP contribution in [0.25, 0.3) is 22.0 Å². The Morgan fingerprint density at radius 2 is 1.78 bits per heavy atom. The Kier molecular flexibility index (Phi) is 5.22. The molecule has 0 bridgehead atoms. The number of pyridine rings is 2. The Balaban J connectivity index is 2.30. The highest BCUT2D eigenvalue weighted by molar-refractivity contribution is 5.95. The lowest BCUT2D eigenvalue weighted by molar-refractivity contribution is 0.311. The van der Waals surface area contributed by atoms with E-state index in [9.17, 15) is 8.78 Å². The normalized spacial score (nSPS) is 10.9. The molecule has 0 unspecified atom stereocenters. The molecule has 1 aromatic carbocycles. The zero-order valence-corrected chi connectivity index (χ0v) is 14.7. The molecule has 27 heavy (non-hydrogen) atoms. The number of aliphatic hydroxyl groups excluding tert-OH is 1. The van der Waals surface area contributed by atoms with Crippen molar-refractivity contribution < 1.29 is 23.4 Å². The number of hydrogen-bond donors (Lipinski definition) is 3. The molecule has 2 heterocycles. The third-order valence-electron chi connectivity index (χ3n) is 3.97. The predicted octanol–water partition coefficient (Wildman–Crippen LogP) is 2.58. The quantitative estimate of drug-likeness (QED) is 0.608. The summed E-state index contributed by atoms with van der Waals surface area (Å²) >= 11 is 0. The van der Waals surface area contributed by atoms with Gasteiger partial charge in [0.2, 0.25) is 0 Å². The van der Waals surface area contributed by atoms with Crippen LogP contribution in [0.15, 0.2) is 24.4 Å². The molecule has 0 saturated heterocycles. The van der Waals surface area contributed by atoms with Gasteiger partial charge in [-0.1, -0.05) is 0 Å². The van der Waals surface area contributed by atoms with Crippen molar-refractivity contribution in [2.45, 2.75) is 0 Å². The molecule has 0 aliphatic carbocycles. The van der Waals surface area contributed by atoms with Crippen LogP contribution in [-0.2, 0) is 0 Å². The second kappa shape index (κ2) is 7.58. The van der Waals surface area contributed by atoms with E-state index in [1.165, 1.54) is 26.5 Å². The maximum atomic E-state index is 14.8. The second-order valence-electron chi connectivity index (χ2n) is 5.62. The van der Waals surface area contributed by atoms with Crippen LogP contribution in [-0.4, -0.2) is 42.4 Å². The number of nitrogens with one attached hydrogen (secondary N) is 1. The number of nitrogen functional groups attached to an aromatic ring is 1. The SMILES string of the molecule is COc1cc(OC)c(F)c(-c2cc3cnc(N)cc3c(NCCO)n2)c1F. The number of methoxy groups -OCH3 is 2. The van der Waals surface area contributed by atoms with Gasteiger partial charge in [0.25, 0.3) is 0 Å². The van der Waals surface area contributed by atoms with Gasteiger partial charge in [-0.25, -0.2) is 18.7 Å². The molecule has 0 amide bonds. The number of rotatable bonds is 6. The first-order valence-electron chi connectivity index (χ1n) is 8.01. The Bertz CT molecular complexity index is 970. The van der Waals surface area contributed by atoms with Crippen molar-refractivity contribution >= 4 is 22.4 Å². The number of anilines is 2. The standard InChI is InChI=1S/C18H18F2N4O3/c1-26-12-7-13(27-2)17(20)15(16(12)19)11-5-9-8-23-14(21)6-10(9)18(24-11)22-3-4-25/h5-8,25H,3-4H2,1-2H3,(H2,21,23)(H,22,24). The van der Waals surface area contributed by atoms with Crippen molar-refractivity contribution in [3.63, 3.8) is 0 Å². The molecule has 9 heteroatoms. The number of ether oxygens (including phenoxy) is 2. The van der Waals surface area contributed by atoms with Crippen LogP contribution in [0.2, 0.25) is 0 Å². The summed E-state index contributed by atoms with van der Waals surface area (Å²) in [5.41, 5.74) is 5.35. The van der Waals surface area contributed by atoms with Gasteiger partial charge in [0.1, 0.15) is 11.6 Å². The number of nitrogens with two attached hydrogens (primary N) is 1. The first kappa shape index (κ1) is 18.6. The van der Waals surface area contributed by atoms with Crippen molar-refractivity contribution in [1.29, 1.82) is 0 Å². The molecule has 3 aromatic rings. The fourth-order valence-electron chi connectivity index (χ4n) is 2.71. The minimum atomic E-state index is -0.904. The van der Waals surface area contributed by atoms with E-state index in [1.54, 1.807) is 6.07 Å². The molecule has 0 atom stereocenters. The molecular formula is C18H18F2N4O3. The molecular weight excluding hydrogens is 358 g/mol. The Morgan fingerprint density at radius 1 is 1.11 bits per heavy atom. The van der Waals surface area contributed by atoms with Gasteiger partial charge in [0.05, 0.1) is 32.1 Å². The van der Waals surface area contributed by atoms with Crippen LogP contribution in [0.5, 0.6) is 11.5 Å². The highest BCUT2D eigenvalue weighted by Crippen LogP contribution is 2.38. The fraction of sp³-hybridized carbons (Fsp3) is 0.222. The number of aliphatic hydroxyl groups is 1. The summed E-state index contributed by atoms with van der Waals surface area (Å²) in [5.74, 6) is -1.58. The van der Waals surface area contributed by atoms with E-state index in [1.807, 2.05) is 0 Å². The van der Waals surface area contributed by atoms with Crippen LogP contribution in [0.1, 0.15) is 0 Å². The van der Waals surface area contributed by atoms with Gasteiger partial charge in [0.15, 0.2) is 23.1 Å². The average Bonchev–Trinajstić information content (AvgIpc) is 2.66. The summed E-state index contributed by atoms with van der Waals surface area (Å²) in [6.07, 6.45) is 1.48. The zero-order valence-electron chi connectivity index (χ0n) is 14.7. The average molecular weight is 376 g/mol. The van der Waals surface area contributed by atoms with Crippen LogP contribution in [0.4, 0.5) is 20.4 Å². The van der Waals surface area contributed by atoms with Crippen LogP contribution in [0.3, 0.4) is 0 Å². The van der Waals surface area contributed by atoms with E-state index in [0.717, 1.165) is 6.07 Å². The minimum Gasteiger partial charge on any atom is -0.494 e. The van der Waals surface area contributed by atoms with Gasteiger partial charge in [-0.05, 0) is 12.1 Å². The van der Waals surface area contributed by atoms with Crippen LogP contribution < -0.4 is 20.5 Å². The smallest absolute Gasteiger partial charge is 0.177 e. The Labute approximate surface area is 153 Å². The van der Waals surface area contributed by atoms with Crippen molar-refractivity contribution in [2.24, 2.45) is 0 Å². The summed E-state index contributed by atoms with van der Waals surface area (Å²) in [7, 11) is 2.54. The van der Waals surface area contributed by atoms with E-state index < -0.39 is 17.2 Å². The van der Waals surface area contributed by atoms with Crippen molar-refractivity contribution in [3.05, 3.63) is 36.0 Å². The maximum absolute atomic E-state index is 14.8. The third-order valence-corrected chi connectivity index (χ3v) is 3.97. The predicted molar refractivity (Wildman–Crippen MR) is 98.0 cm³/mol. The lowest BCUT2D eigenvalue weighted by atomic mass is 10.1. The molecule has 0 spiro atoms. The van der Waals surface area contributed by atoms with E-state index in [0.29, 0.717) is 16.6 Å². The summed E-state index contributed by atoms with van der Waals surface area (Å²) in [6, 6.07) is 4.21. The van der Waals surface area contributed by atoms with Gasteiger partial charge in [-0.15, -0.1) is 0 Å². The number of hydrogen-bond acceptors (Lipinski definition) is 7. The van der Waals surface area contributed by atoms with Crippen molar-refractivity contribution in [1.82, 2.24) is 9.97 Å². The Hall–Kier alpha value is -3.20. The topological polar surface area (TPSA) is 103 Å². The summed E-state index contributed by atoms with van der Waals surface area (Å²) in [6.45, 7) is 0.0455. The van der Waals surface area contributed by atoms with Gasteiger partial charge in [-0.2, -0.15) is 0 Å². The van der Waals surface area contributed by atoms with Crippen molar-refractivity contribution in [2.75, 3.05) is 38.4 Å². The minimum absolute atomic E-state index is 0.0155. The van der Waals surface area contributed by atoms with Gasteiger partial charge in [0, 0.05) is 29.6 Å². The fourth-order valence-corrected chi connectivity index (χ4v) is 2.71. The van der Waals surface area contributed by atoms with Crippen LogP contribution >= 0.6 is 0 Å². The molecule has 0 aliphatic rings. The van der Waals surface area contributed by atoms with Gasteiger partial charge < -0.3 is 25.6 Å². The summed E-state index contributed by atoms with van der Waals surface area (Å²) in [5, 5.41) is 13.2. The monoisotopic (exact) mass is 376 g/mol. The number of halogens is 2. The first-order chi connectivity index (χ1) is 13.0. The molecule has 0 radical (unpaired) electrons. The molecule has 2 aromatic heterocycles. The van der Waals surface area contributed by atoms with E-state index in [2.05, 4.69) is 15.3 Å². The first-order valence-corrected chi connectivity index (χ1v) is 8.01. The second-order valence-corrected chi connectivity index (χ2v) is 5.62.